The first kappa shape index (κ1) is 15.6. The van der Waals surface area contributed by atoms with E-state index in [9.17, 15) is 0 Å². The highest BCUT2D eigenvalue weighted by Gasteiger charge is 2.16. The Bertz CT molecular complexity index is 1010. The van der Waals surface area contributed by atoms with Gasteiger partial charge in [0.25, 0.3) is 5.71 Å². The second-order valence-corrected chi connectivity index (χ2v) is 6.22. The van der Waals surface area contributed by atoms with E-state index >= 15 is 0 Å². The van der Waals surface area contributed by atoms with E-state index in [1.54, 1.807) is 0 Å². The van der Waals surface area contributed by atoms with Crippen molar-refractivity contribution in [2.75, 3.05) is 5.32 Å². The van der Waals surface area contributed by atoms with Crippen LogP contribution in [0.25, 0.3) is 22.4 Å². The van der Waals surface area contributed by atoms with Crippen molar-refractivity contribution in [3.8, 4) is 11.3 Å². The van der Waals surface area contributed by atoms with Gasteiger partial charge >= 0.3 is 0 Å². The van der Waals surface area contributed by atoms with Crippen molar-refractivity contribution in [3.63, 3.8) is 0 Å². The van der Waals surface area contributed by atoms with Crippen LogP contribution in [0, 0.1) is 6.92 Å². The molecule has 6 heteroatoms. The van der Waals surface area contributed by atoms with Crippen molar-refractivity contribution in [2.45, 2.75) is 13.5 Å². The molecule has 0 aliphatic heterocycles. The summed E-state index contributed by atoms with van der Waals surface area (Å²) in [5, 5.41) is 9.02. The molecule has 2 aromatic carbocycles. The van der Waals surface area contributed by atoms with E-state index in [0.717, 1.165) is 22.2 Å². The van der Waals surface area contributed by atoms with E-state index in [1.165, 1.54) is 11.9 Å². The van der Waals surface area contributed by atoms with E-state index in [4.69, 9.17) is 16.1 Å². The van der Waals surface area contributed by atoms with Crippen LogP contribution in [-0.2, 0) is 6.54 Å². The van der Waals surface area contributed by atoms with Crippen LogP contribution in [0.2, 0.25) is 5.02 Å². The average Bonchev–Trinajstić information content (AvgIpc) is 3.07. The van der Waals surface area contributed by atoms with Crippen molar-refractivity contribution < 1.29 is 4.52 Å². The summed E-state index contributed by atoms with van der Waals surface area (Å²) >= 11 is 5.93. The maximum Gasteiger partial charge on any atom is 0.263 e. The molecular weight excluding hydrogens is 336 g/mol. The first-order chi connectivity index (χ1) is 12.2. The minimum absolute atomic E-state index is 0.462. The van der Waals surface area contributed by atoms with Crippen LogP contribution >= 0.6 is 11.6 Å². The number of aryl methyl sites for hydroxylation is 1. The zero-order valence-electron chi connectivity index (χ0n) is 13.5. The molecule has 4 aromatic rings. The van der Waals surface area contributed by atoms with E-state index < -0.39 is 0 Å². The Labute approximate surface area is 149 Å². The Balaban J connectivity index is 1.70. The lowest BCUT2D eigenvalue weighted by molar-refractivity contribution is 0.451. The molecule has 4 rings (SSSR count). The minimum atomic E-state index is 0.462. The molecule has 2 aromatic heterocycles. The summed E-state index contributed by atoms with van der Waals surface area (Å²) in [5.74, 6) is 0.691. The van der Waals surface area contributed by atoms with Gasteiger partial charge in [-0.25, -0.2) is 4.98 Å². The maximum atomic E-state index is 5.93. The van der Waals surface area contributed by atoms with Crippen LogP contribution in [0.5, 0.6) is 0 Å². The van der Waals surface area contributed by atoms with Crippen molar-refractivity contribution in [3.05, 3.63) is 71.0 Å². The zero-order valence-corrected chi connectivity index (χ0v) is 14.3. The van der Waals surface area contributed by atoms with Crippen molar-refractivity contribution in [1.29, 1.82) is 0 Å². The molecule has 25 heavy (non-hydrogen) atoms. The predicted molar refractivity (Wildman–Crippen MR) is 98.6 cm³/mol. The Morgan fingerprint density at radius 1 is 1.00 bits per heavy atom. The summed E-state index contributed by atoms with van der Waals surface area (Å²) in [6.45, 7) is 2.66. The van der Waals surface area contributed by atoms with Crippen LogP contribution < -0.4 is 5.32 Å². The lowest BCUT2D eigenvalue weighted by Crippen LogP contribution is -2.02. The van der Waals surface area contributed by atoms with Crippen LogP contribution in [0.4, 0.5) is 5.82 Å². The Morgan fingerprint density at radius 3 is 2.52 bits per heavy atom. The second kappa shape index (κ2) is 6.53. The summed E-state index contributed by atoms with van der Waals surface area (Å²) in [5.41, 5.74) is 4.45. The molecule has 0 unspecified atom stereocenters. The van der Waals surface area contributed by atoms with Crippen LogP contribution in [0.15, 0.2) is 59.4 Å². The Hall–Kier alpha value is -2.92. The first-order valence-corrected chi connectivity index (χ1v) is 8.24. The highest BCUT2D eigenvalue weighted by Crippen LogP contribution is 2.31. The van der Waals surface area contributed by atoms with E-state index in [2.05, 4.69) is 20.4 Å². The molecule has 5 nitrogen and oxygen atoms in total. The molecular formula is C19H15ClN4O. The van der Waals surface area contributed by atoms with E-state index in [1.807, 2.05) is 55.5 Å². The SMILES string of the molecule is Cc1ccc(-c2noc3ncnc(NCc4ccc(Cl)cc4)c23)cc1. The number of aromatic nitrogens is 3. The number of halogens is 1. The molecule has 124 valence electrons. The van der Waals surface area contributed by atoms with Crippen LogP contribution in [0.3, 0.4) is 0 Å². The number of rotatable bonds is 4. The number of anilines is 1. The summed E-state index contributed by atoms with van der Waals surface area (Å²) in [4.78, 5) is 8.54. The van der Waals surface area contributed by atoms with Gasteiger partial charge in [0.15, 0.2) is 0 Å². The third kappa shape index (κ3) is 3.19. The van der Waals surface area contributed by atoms with E-state index in [-0.39, 0.29) is 0 Å². The molecule has 2 heterocycles. The van der Waals surface area contributed by atoms with Gasteiger partial charge < -0.3 is 9.84 Å². The number of benzene rings is 2. The Kier molecular flexibility index (Phi) is 4.07. The maximum absolute atomic E-state index is 5.93. The van der Waals surface area contributed by atoms with Crippen molar-refractivity contribution >= 4 is 28.5 Å². The second-order valence-electron chi connectivity index (χ2n) is 5.78. The Morgan fingerprint density at radius 2 is 1.76 bits per heavy atom. The fourth-order valence-corrected chi connectivity index (χ4v) is 2.74. The third-order valence-electron chi connectivity index (χ3n) is 3.97. The van der Waals surface area contributed by atoms with Gasteiger partial charge in [0.05, 0.1) is 0 Å². The average molecular weight is 351 g/mol. The number of nitrogens with one attached hydrogen (secondary N) is 1. The van der Waals surface area contributed by atoms with Crippen molar-refractivity contribution in [1.82, 2.24) is 15.1 Å². The van der Waals surface area contributed by atoms with Gasteiger partial charge in [-0.15, -0.1) is 0 Å². The number of hydrogen-bond acceptors (Lipinski definition) is 5. The van der Waals surface area contributed by atoms with Crippen LogP contribution in [-0.4, -0.2) is 15.1 Å². The van der Waals surface area contributed by atoms with Gasteiger partial charge in [-0.3, -0.25) is 0 Å². The summed E-state index contributed by atoms with van der Waals surface area (Å²) in [7, 11) is 0. The largest absolute Gasteiger partial charge is 0.365 e. The van der Waals surface area contributed by atoms with Gasteiger partial charge in [-0.2, -0.15) is 4.98 Å². The molecule has 0 saturated heterocycles. The number of fused-ring (bicyclic) bond motifs is 1. The quantitative estimate of drug-likeness (QED) is 0.569. The predicted octanol–water partition coefficient (Wildman–Crippen LogP) is 4.86. The monoisotopic (exact) mass is 350 g/mol. The van der Waals surface area contributed by atoms with Gasteiger partial charge in [-0.05, 0) is 24.6 Å². The number of nitrogens with zero attached hydrogens (tertiary/aromatic N) is 3. The summed E-state index contributed by atoms with van der Waals surface area (Å²) in [6, 6.07) is 15.8. The molecule has 1 N–H and O–H groups in total. The molecule has 0 fully saturated rings. The fourth-order valence-electron chi connectivity index (χ4n) is 2.62. The topological polar surface area (TPSA) is 63.8 Å². The highest BCUT2D eigenvalue weighted by molar-refractivity contribution is 6.30. The summed E-state index contributed by atoms with van der Waals surface area (Å²) < 4.78 is 5.38. The molecule has 0 spiro atoms. The molecule has 0 radical (unpaired) electrons. The molecule has 0 atom stereocenters. The lowest BCUT2D eigenvalue weighted by atomic mass is 10.1. The molecule has 0 saturated carbocycles. The van der Waals surface area contributed by atoms with Crippen LogP contribution in [0.1, 0.15) is 11.1 Å². The van der Waals surface area contributed by atoms with Gasteiger partial charge in [0.2, 0.25) is 0 Å². The number of hydrogen-bond donors (Lipinski definition) is 1. The zero-order chi connectivity index (χ0) is 17.2. The highest BCUT2D eigenvalue weighted by atomic mass is 35.5. The van der Waals surface area contributed by atoms with Crippen molar-refractivity contribution in [2.24, 2.45) is 0 Å². The van der Waals surface area contributed by atoms with Gasteiger partial charge in [-0.1, -0.05) is 58.7 Å². The molecule has 0 amide bonds. The molecule has 0 aliphatic carbocycles. The molecule has 0 bridgehead atoms. The first-order valence-electron chi connectivity index (χ1n) is 7.86. The standard InChI is InChI=1S/C19H15ClN4O/c1-12-2-6-14(7-3-12)17-16-18(22-11-23-19(16)25-24-17)21-10-13-4-8-15(20)9-5-13/h2-9,11H,10H2,1H3,(H,21,22,23). The normalized spacial score (nSPS) is 11.0. The van der Waals surface area contributed by atoms with E-state index in [0.29, 0.717) is 23.1 Å². The third-order valence-corrected chi connectivity index (χ3v) is 4.22. The van der Waals surface area contributed by atoms with Gasteiger partial charge in [0.1, 0.15) is 23.2 Å². The minimum Gasteiger partial charge on any atom is -0.365 e. The fraction of sp³-hybridized carbons (Fsp3) is 0.105. The van der Waals surface area contributed by atoms with Gasteiger partial charge in [0, 0.05) is 17.1 Å². The molecule has 0 aliphatic rings. The summed E-state index contributed by atoms with van der Waals surface area (Å²) in [6.07, 6.45) is 1.47. The lowest BCUT2D eigenvalue weighted by Gasteiger charge is -2.07. The smallest absolute Gasteiger partial charge is 0.263 e.